The summed E-state index contributed by atoms with van der Waals surface area (Å²) >= 11 is 0. The van der Waals surface area contributed by atoms with Crippen LogP contribution in [0.5, 0.6) is 0 Å². The van der Waals surface area contributed by atoms with Crippen molar-refractivity contribution in [1.29, 1.82) is 0 Å². The van der Waals surface area contributed by atoms with Crippen LogP contribution in [0.1, 0.15) is 32.0 Å². The summed E-state index contributed by atoms with van der Waals surface area (Å²) in [5, 5.41) is 10.5. The molecule has 0 saturated carbocycles. The first-order valence-corrected chi connectivity index (χ1v) is 9.25. The molecule has 0 saturated heterocycles. The Balaban J connectivity index is 2.06. The minimum absolute atomic E-state index is 0.103. The minimum atomic E-state index is -0.958. The smallest absolute Gasteiger partial charge is 0.0622 e. The average Bonchev–Trinajstić information content (AvgIpc) is 3.06. The fourth-order valence-electron chi connectivity index (χ4n) is 2.27. The van der Waals surface area contributed by atoms with Crippen molar-refractivity contribution in [2.24, 2.45) is 0 Å². The molecular weight excluding hydrogens is 379 g/mol. The number of ether oxygens (including phenoxy) is 2. The van der Waals surface area contributed by atoms with E-state index >= 15 is 0 Å². The predicted molar refractivity (Wildman–Crippen MR) is 105 cm³/mol. The molecule has 0 aliphatic carbocycles. The molecule has 0 aliphatic rings. The molecule has 1 aromatic carbocycles. The number of aromatic nitrogens is 3. The quantitative estimate of drug-likeness (QED) is 0.564. The summed E-state index contributed by atoms with van der Waals surface area (Å²) in [7, 11) is 3.13. The fraction of sp³-hybridized carbons (Fsp3) is 0.421. The van der Waals surface area contributed by atoms with Gasteiger partial charge in [-0.25, -0.2) is 0 Å². The molecular formula is C19H24N4O4P+. The molecule has 0 bridgehead atoms. The summed E-state index contributed by atoms with van der Waals surface area (Å²) in [6, 6.07) is 8.33. The van der Waals surface area contributed by atoms with E-state index in [0.717, 1.165) is 5.56 Å². The molecule has 1 heterocycles. The van der Waals surface area contributed by atoms with E-state index in [9.17, 15) is 9.59 Å². The van der Waals surface area contributed by atoms with Gasteiger partial charge in [-0.3, -0.25) is 0 Å². The van der Waals surface area contributed by atoms with Crippen LogP contribution in [0, 0.1) is 5.63 Å². The van der Waals surface area contributed by atoms with Crippen LogP contribution in [-0.4, -0.2) is 38.7 Å². The number of amides is 1. The Hall–Kier alpha value is -2.69. The van der Waals surface area contributed by atoms with Gasteiger partial charge in [-0.15, -0.1) is 0 Å². The van der Waals surface area contributed by atoms with Crippen molar-refractivity contribution in [2.45, 2.75) is 52.0 Å². The second-order valence-electron chi connectivity index (χ2n) is 7.08. The Kier molecular flexibility index (Phi) is 7.73. The molecule has 8 nitrogen and oxygen atoms in total. The summed E-state index contributed by atoms with van der Waals surface area (Å²) in [6.07, 6.45) is 1.08. The van der Waals surface area contributed by atoms with Crippen molar-refractivity contribution in [2.75, 3.05) is 0 Å². The third-order valence-electron chi connectivity index (χ3n) is 3.44. The molecule has 1 aromatic heterocycles. The first-order valence-electron chi connectivity index (χ1n) is 8.75. The van der Waals surface area contributed by atoms with Crippen LogP contribution < -0.4 is 5.32 Å². The predicted octanol–water partition coefficient (Wildman–Crippen LogP) is 2.56. The molecule has 0 aliphatic heterocycles. The van der Waals surface area contributed by atoms with Crippen LogP contribution in [0.15, 0.2) is 36.5 Å². The van der Waals surface area contributed by atoms with Crippen molar-refractivity contribution in [3.8, 4) is 5.63 Å². The van der Waals surface area contributed by atoms with Crippen LogP contribution in [-0.2, 0) is 33.8 Å². The zero-order valence-electron chi connectivity index (χ0n) is 16.1. The topological polar surface area (TPSA) is 95.3 Å². The Bertz CT molecular complexity index is 840. The minimum Gasteiger partial charge on any atom is -0.0622 e. The molecule has 0 fully saturated rings. The SMILES string of the molecule is CC(C)(C)OC(=O)NC(Cc1cn(CC#[PH+])nn1)C(=O)OCc1ccccc1. The molecule has 1 N–H and O–H groups in total. The van der Waals surface area contributed by atoms with E-state index in [4.69, 9.17) is 9.47 Å². The number of benzene rings is 1. The maximum absolute atomic E-state index is 12.6. The summed E-state index contributed by atoms with van der Waals surface area (Å²) in [5.41, 5.74) is 3.44. The van der Waals surface area contributed by atoms with E-state index in [1.54, 1.807) is 31.6 Å². The van der Waals surface area contributed by atoms with E-state index in [-0.39, 0.29) is 13.0 Å². The average molecular weight is 403 g/mol. The van der Waals surface area contributed by atoms with Gasteiger partial charge in [0.2, 0.25) is 0 Å². The normalized spacial score (nSPS) is 11.9. The van der Waals surface area contributed by atoms with Gasteiger partial charge in [-0.2, -0.15) is 0 Å². The second kappa shape index (κ2) is 10.0. The number of nitrogens with one attached hydrogen (secondary N) is 1. The van der Waals surface area contributed by atoms with E-state index in [1.807, 2.05) is 30.3 Å². The first-order chi connectivity index (χ1) is 13.3. The summed E-state index contributed by atoms with van der Waals surface area (Å²) in [6.45, 7) is 5.73. The van der Waals surface area contributed by atoms with E-state index in [2.05, 4.69) is 30.0 Å². The van der Waals surface area contributed by atoms with E-state index in [1.165, 1.54) is 0 Å². The fourth-order valence-corrected chi connectivity index (χ4v) is 2.43. The van der Waals surface area contributed by atoms with E-state index in [0.29, 0.717) is 12.2 Å². The summed E-state index contributed by atoms with van der Waals surface area (Å²) in [5.74, 6) is -0.581. The van der Waals surface area contributed by atoms with E-state index < -0.39 is 23.7 Å². The number of carbonyl (C=O) groups excluding carboxylic acids is 2. The van der Waals surface area contributed by atoms with Crippen molar-refractivity contribution >= 4 is 20.8 Å². The van der Waals surface area contributed by atoms with Crippen molar-refractivity contribution in [3.05, 3.63) is 47.8 Å². The van der Waals surface area contributed by atoms with Gasteiger partial charge in [0.1, 0.15) is 0 Å². The Morgan fingerprint density at radius 3 is 2.64 bits per heavy atom. The summed E-state index contributed by atoms with van der Waals surface area (Å²) < 4.78 is 12.2. The number of alkyl carbamates (subject to hydrolysis) is 1. The Morgan fingerprint density at radius 1 is 1.29 bits per heavy atom. The number of carbonyl (C=O) groups is 2. The van der Waals surface area contributed by atoms with Crippen LogP contribution in [0.25, 0.3) is 0 Å². The number of rotatable bonds is 7. The van der Waals surface area contributed by atoms with Gasteiger partial charge in [0.25, 0.3) is 0 Å². The molecule has 1 amide bonds. The van der Waals surface area contributed by atoms with Gasteiger partial charge >= 0.3 is 147 Å². The maximum atomic E-state index is 12.6. The molecule has 148 valence electrons. The van der Waals surface area contributed by atoms with Gasteiger partial charge in [-0.1, -0.05) is 18.2 Å². The molecule has 0 spiro atoms. The standard InChI is InChI=1S/C19H23N4O4P/c1-19(2,3)27-18(25)20-16(11-15-12-23(9-10-28)22-21-15)17(24)26-13-14-7-5-4-6-8-14/h4-8,12,16H,9,11,13H2,1-3H3,(H,20,25)/p+1. The first kappa shape index (κ1) is 21.6. The second-order valence-corrected chi connectivity index (χ2v) is 7.43. The van der Waals surface area contributed by atoms with Crippen LogP contribution in [0.3, 0.4) is 0 Å². The molecule has 2 aromatic rings. The molecule has 1 atom stereocenters. The van der Waals surface area contributed by atoms with Gasteiger partial charge in [0.15, 0.2) is 0 Å². The molecule has 9 heteroatoms. The third kappa shape index (κ3) is 7.51. The van der Waals surface area contributed by atoms with Gasteiger partial charge in [0.05, 0.1) is 0 Å². The molecule has 0 radical (unpaired) electrons. The zero-order valence-corrected chi connectivity index (χ0v) is 17.1. The Morgan fingerprint density at radius 2 is 2.00 bits per heavy atom. The molecule has 2 rings (SSSR count). The van der Waals surface area contributed by atoms with Crippen molar-refractivity contribution in [1.82, 2.24) is 20.3 Å². The number of hydrogen-bond donors (Lipinski definition) is 1. The molecule has 1 unspecified atom stereocenters. The Labute approximate surface area is 166 Å². The summed E-state index contributed by atoms with van der Waals surface area (Å²) in [4.78, 5) is 24.7. The number of hydrogen-bond acceptors (Lipinski definition) is 6. The number of nitrogens with zero attached hydrogens (tertiary/aromatic N) is 3. The van der Waals surface area contributed by atoms with Crippen LogP contribution in [0.2, 0.25) is 0 Å². The van der Waals surface area contributed by atoms with Gasteiger partial charge in [-0.05, 0) is 0 Å². The third-order valence-corrected chi connectivity index (χ3v) is 3.60. The van der Waals surface area contributed by atoms with Crippen LogP contribution >= 0.6 is 8.70 Å². The van der Waals surface area contributed by atoms with Crippen molar-refractivity contribution in [3.63, 3.8) is 0 Å². The monoisotopic (exact) mass is 403 g/mol. The number of esters is 1. The van der Waals surface area contributed by atoms with Gasteiger partial charge in [0, 0.05) is 0 Å². The van der Waals surface area contributed by atoms with Crippen LogP contribution in [0.4, 0.5) is 4.79 Å². The van der Waals surface area contributed by atoms with Gasteiger partial charge < -0.3 is 0 Å². The van der Waals surface area contributed by atoms with Crippen molar-refractivity contribution < 1.29 is 19.1 Å². The zero-order chi connectivity index (χ0) is 20.6. The molecule has 28 heavy (non-hydrogen) atoms.